The van der Waals surface area contributed by atoms with Gasteiger partial charge in [0, 0.05) is 27.9 Å². The molecular weight excluding hydrogens is 411 g/mol. The summed E-state index contributed by atoms with van der Waals surface area (Å²) in [4.78, 5) is 44.4. The van der Waals surface area contributed by atoms with Crippen LogP contribution in [0.3, 0.4) is 0 Å². The Kier molecular flexibility index (Phi) is 7.68. The van der Waals surface area contributed by atoms with Gasteiger partial charge in [-0.3, -0.25) is 19.0 Å². The normalized spacial score (nSPS) is 23.9. The van der Waals surface area contributed by atoms with Gasteiger partial charge in [-0.05, 0) is 0 Å². The third-order valence-electron chi connectivity index (χ3n) is 3.86. The number of ketones is 1. The lowest BCUT2D eigenvalue weighted by Gasteiger charge is -2.18. The number of carbonyl (C=O) groups is 3. The van der Waals surface area contributed by atoms with Gasteiger partial charge in [0.1, 0.15) is 12.7 Å². The van der Waals surface area contributed by atoms with Crippen LogP contribution in [0.25, 0.3) is 0 Å². The Morgan fingerprint density at radius 3 is 2.62 bits per heavy atom. The van der Waals surface area contributed by atoms with E-state index in [9.17, 15) is 14.4 Å². The third-order valence-corrected chi connectivity index (χ3v) is 4.10. The molecule has 0 spiro atoms. The van der Waals surface area contributed by atoms with Crippen molar-refractivity contribution in [1.29, 1.82) is 0 Å². The SMILES string of the molecule is CC(=O)OC[C@H]1O[C@@H](n2cnc(C(=O)CCl)c2/N=C/N(C)C)[C@H](F)[C@@H]1OC(C)=O. The van der Waals surface area contributed by atoms with Crippen molar-refractivity contribution in [3.05, 3.63) is 12.0 Å². The van der Waals surface area contributed by atoms with Crippen LogP contribution in [0.2, 0.25) is 0 Å². The Hall–Kier alpha value is -2.53. The number of rotatable bonds is 8. The highest BCUT2D eigenvalue weighted by Gasteiger charge is 2.49. The highest BCUT2D eigenvalue weighted by Crippen LogP contribution is 2.37. The number of aromatic nitrogens is 2. The van der Waals surface area contributed by atoms with Gasteiger partial charge in [-0.15, -0.1) is 11.6 Å². The maximum absolute atomic E-state index is 15.2. The number of hydrogen-bond acceptors (Lipinski definition) is 8. The summed E-state index contributed by atoms with van der Waals surface area (Å²) in [7, 11) is 3.42. The van der Waals surface area contributed by atoms with Crippen molar-refractivity contribution in [2.75, 3.05) is 26.6 Å². The van der Waals surface area contributed by atoms with E-state index in [0.717, 1.165) is 6.92 Å². The van der Waals surface area contributed by atoms with Crippen LogP contribution < -0.4 is 0 Å². The minimum atomic E-state index is -1.83. The minimum absolute atomic E-state index is 0.0340. The van der Waals surface area contributed by atoms with Gasteiger partial charge in [0.2, 0.25) is 0 Å². The maximum atomic E-state index is 15.2. The molecule has 0 amide bonds. The number of hydrogen-bond donors (Lipinski definition) is 0. The number of carbonyl (C=O) groups excluding carboxylic acids is 3. The molecule has 10 nitrogen and oxygen atoms in total. The molecular formula is C17H22ClFN4O6. The van der Waals surface area contributed by atoms with Gasteiger partial charge in [0.15, 0.2) is 35.8 Å². The van der Waals surface area contributed by atoms with E-state index in [4.69, 9.17) is 25.8 Å². The van der Waals surface area contributed by atoms with Gasteiger partial charge >= 0.3 is 11.9 Å². The first kappa shape index (κ1) is 22.8. The predicted molar refractivity (Wildman–Crippen MR) is 100 cm³/mol. The average Bonchev–Trinajstić information content (AvgIpc) is 3.19. The second-order valence-electron chi connectivity index (χ2n) is 6.48. The van der Waals surface area contributed by atoms with E-state index in [2.05, 4.69) is 9.98 Å². The number of halogens is 2. The molecule has 0 aromatic carbocycles. The van der Waals surface area contributed by atoms with E-state index >= 15 is 4.39 Å². The van der Waals surface area contributed by atoms with Crippen LogP contribution in [-0.2, 0) is 23.8 Å². The van der Waals surface area contributed by atoms with Crippen LogP contribution in [0.5, 0.6) is 0 Å². The minimum Gasteiger partial charge on any atom is -0.463 e. The monoisotopic (exact) mass is 432 g/mol. The topological polar surface area (TPSA) is 112 Å². The number of imidazole rings is 1. The smallest absolute Gasteiger partial charge is 0.303 e. The van der Waals surface area contributed by atoms with Crippen LogP contribution in [0.15, 0.2) is 11.3 Å². The molecule has 1 fully saturated rings. The molecule has 1 aromatic rings. The largest absolute Gasteiger partial charge is 0.463 e. The van der Waals surface area contributed by atoms with E-state index in [0.29, 0.717) is 0 Å². The van der Waals surface area contributed by atoms with Gasteiger partial charge in [-0.2, -0.15) is 0 Å². The van der Waals surface area contributed by atoms with Crippen LogP contribution in [0.4, 0.5) is 10.2 Å². The fraction of sp³-hybridized carbons (Fsp3) is 0.588. The standard InChI is InChI=1S/C17H22ClFN4O6/c1-9(24)27-6-12-15(28-10(2)25)13(19)17(29-12)23-8-20-14(11(26)5-18)16(23)21-7-22(3)4/h7-8,12-13,15,17H,5-6H2,1-4H3/b21-7+/t12-,13-,15-,17-/m1/s1. The number of esters is 2. The summed E-state index contributed by atoms with van der Waals surface area (Å²) in [6.07, 6.45) is -2.93. The highest BCUT2D eigenvalue weighted by atomic mass is 35.5. The lowest BCUT2D eigenvalue weighted by atomic mass is 10.1. The molecule has 0 unspecified atom stereocenters. The van der Waals surface area contributed by atoms with Crippen molar-refractivity contribution < 1.29 is 33.0 Å². The van der Waals surface area contributed by atoms with Crippen molar-refractivity contribution in [3.8, 4) is 0 Å². The molecule has 0 saturated carbocycles. The quantitative estimate of drug-likeness (QED) is 0.198. The molecule has 4 atom stereocenters. The maximum Gasteiger partial charge on any atom is 0.303 e. The van der Waals surface area contributed by atoms with Crippen LogP contribution in [-0.4, -0.2) is 83.5 Å². The number of nitrogens with zero attached hydrogens (tertiary/aromatic N) is 4. The molecule has 160 valence electrons. The summed E-state index contributed by atoms with van der Waals surface area (Å²) in [5, 5.41) is 0. The second kappa shape index (κ2) is 9.79. The van der Waals surface area contributed by atoms with E-state index in [1.807, 2.05) is 0 Å². The second-order valence-corrected chi connectivity index (χ2v) is 6.74. The molecule has 0 aliphatic carbocycles. The van der Waals surface area contributed by atoms with E-state index in [1.54, 1.807) is 19.0 Å². The van der Waals surface area contributed by atoms with Crippen molar-refractivity contribution in [2.24, 2.45) is 4.99 Å². The molecule has 2 rings (SSSR count). The Labute approximate surface area is 171 Å². The summed E-state index contributed by atoms with van der Waals surface area (Å²) in [5.74, 6) is -2.12. The number of Topliss-reactive ketones (excluding diaryl/α,β-unsaturated/α-hetero) is 1. The van der Waals surface area contributed by atoms with E-state index in [1.165, 1.54) is 24.2 Å². The molecule has 1 aliphatic heterocycles. The van der Waals surface area contributed by atoms with Crippen LogP contribution in [0.1, 0.15) is 30.6 Å². The zero-order chi connectivity index (χ0) is 21.7. The van der Waals surface area contributed by atoms with Gasteiger partial charge in [0.25, 0.3) is 0 Å². The number of aliphatic imine (C=N–C) groups is 1. The first-order valence-electron chi connectivity index (χ1n) is 8.62. The Balaban J connectivity index is 2.41. The van der Waals surface area contributed by atoms with Crippen molar-refractivity contribution in [2.45, 2.75) is 38.5 Å². The summed E-state index contributed by atoms with van der Waals surface area (Å²) in [5.41, 5.74) is -0.0543. The van der Waals surface area contributed by atoms with Crippen molar-refractivity contribution >= 4 is 41.5 Å². The highest BCUT2D eigenvalue weighted by molar-refractivity contribution is 6.30. The first-order valence-corrected chi connectivity index (χ1v) is 9.15. The molecule has 0 N–H and O–H groups in total. The molecule has 1 saturated heterocycles. The van der Waals surface area contributed by atoms with Gasteiger partial charge in [0.05, 0.1) is 18.5 Å². The lowest BCUT2D eigenvalue weighted by Crippen LogP contribution is -2.36. The first-order chi connectivity index (χ1) is 13.6. The zero-order valence-corrected chi connectivity index (χ0v) is 17.1. The fourth-order valence-electron chi connectivity index (χ4n) is 2.68. The van der Waals surface area contributed by atoms with E-state index < -0.39 is 42.3 Å². The van der Waals surface area contributed by atoms with Crippen molar-refractivity contribution in [1.82, 2.24) is 14.5 Å². The summed E-state index contributed by atoms with van der Waals surface area (Å²) < 4.78 is 32.0. The van der Waals surface area contributed by atoms with Gasteiger partial charge in [-0.25, -0.2) is 14.4 Å². The van der Waals surface area contributed by atoms with Crippen LogP contribution in [0, 0.1) is 0 Å². The molecule has 0 radical (unpaired) electrons. The van der Waals surface area contributed by atoms with Gasteiger partial charge < -0.3 is 19.1 Å². The number of alkyl halides is 2. The molecule has 1 aromatic heterocycles. The summed E-state index contributed by atoms with van der Waals surface area (Å²) in [6.45, 7) is 2.00. The Morgan fingerprint density at radius 1 is 1.38 bits per heavy atom. The third kappa shape index (κ3) is 5.51. The Bertz CT molecular complexity index is 799. The van der Waals surface area contributed by atoms with Crippen LogP contribution >= 0.6 is 11.6 Å². The molecule has 12 heteroatoms. The predicted octanol–water partition coefficient (Wildman–Crippen LogP) is 1.26. The average molecular weight is 433 g/mol. The molecule has 2 heterocycles. The molecule has 0 bridgehead atoms. The summed E-state index contributed by atoms with van der Waals surface area (Å²) >= 11 is 5.62. The number of ether oxygens (including phenoxy) is 3. The zero-order valence-electron chi connectivity index (χ0n) is 16.4. The van der Waals surface area contributed by atoms with Gasteiger partial charge in [-0.1, -0.05) is 0 Å². The fourth-order valence-corrected chi connectivity index (χ4v) is 2.81. The molecule has 1 aliphatic rings. The lowest BCUT2D eigenvalue weighted by molar-refractivity contribution is -0.156. The molecule has 29 heavy (non-hydrogen) atoms. The van der Waals surface area contributed by atoms with Crippen molar-refractivity contribution in [3.63, 3.8) is 0 Å². The summed E-state index contributed by atoms with van der Waals surface area (Å²) in [6, 6.07) is 0. The Morgan fingerprint density at radius 2 is 2.07 bits per heavy atom. The van der Waals surface area contributed by atoms with E-state index in [-0.39, 0.29) is 24.0 Å².